The SMILES string of the molecule is CC(C)CCCC(C)C1CCC2C3CC=C4CC(OC/C=C/COc5ccc(N)cc5N)CCC4(C)C3CCC12C. The Bertz CT molecular complexity index is 1090. The Morgan fingerprint density at radius 2 is 1.76 bits per heavy atom. The van der Waals surface area contributed by atoms with Crippen molar-refractivity contribution < 1.29 is 9.47 Å². The second kappa shape index (κ2) is 12.7. The van der Waals surface area contributed by atoms with Crippen LogP contribution in [0.25, 0.3) is 0 Å². The fraction of sp³-hybridized carbons (Fsp3) is 0.730. The van der Waals surface area contributed by atoms with Crippen LogP contribution in [0.3, 0.4) is 0 Å². The van der Waals surface area contributed by atoms with E-state index in [0.29, 0.717) is 47.3 Å². The van der Waals surface area contributed by atoms with E-state index in [1.165, 1.54) is 64.2 Å². The fourth-order valence-electron chi connectivity index (χ4n) is 9.96. The Hall–Kier alpha value is -1.94. The Balaban J connectivity index is 1.12. The van der Waals surface area contributed by atoms with Gasteiger partial charge in [-0.05, 0) is 122 Å². The number of benzene rings is 1. The van der Waals surface area contributed by atoms with Gasteiger partial charge in [-0.25, -0.2) is 0 Å². The van der Waals surface area contributed by atoms with E-state index in [0.717, 1.165) is 41.9 Å². The predicted molar refractivity (Wildman–Crippen MR) is 173 cm³/mol. The summed E-state index contributed by atoms with van der Waals surface area (Å²) >= 11 is 0. The zero-order valence-corrected chi connectivity index (χ0v) is 26.7. The second-order valence-electron chi connectivity index (χ2n) is 15.1. The standard InChI is InChI=1S/C37H58N2O2/c1-25(2)9-8-10-26(3)31-14-15-32-30-13-11-27-23-29(17-19-36(27,4)33(30)18-20-37(31,32)5)40-21-6-7-22-41-35-16-12-28(38)24-34(35)39/h6-7,11-12,16,24-26,29-33H,8-10,13-15,17-23,38-39H2,1-5H3/b7-6+. The average Bonchev–Trinajstić information content (AvgIpc) is 3.28. The summed E-state index contributed by atoms with van der Waals surface area (Å²) in [5.74, 6) is 6.02. The molecule has 5 rings (SSSR count). The molecule has 0 spiro atoms. The maximum Gasteiger partial charge on any atom is 0.142 e. The first-order valence-corrected chi connectivity index (χ1v) is 16.9. The molecular formula is C37H58N2O2. The van der Waals surface area contributed by atoms with Gasteiger partial charge in [-0.15, -0.1) is 0 Å². The van der Waals surface area contributed by atoms with E-state index in [1.54, 1.807) is 11.6 Å². The number of fused-ring (bicyclic) bond motifs is 5. The molecule has 4 heteroatoms. The third kappa shape index (κ3) is 6.38. The molecule has 3 saturated carbocycles. The number of anilines is 2. The van der Waals surface area contributed by atoms with E-state index in [4.69, 9.17) is 20.9 Å². The molecule has 4 aliphatic carbocycles. The monoisotopic (exact) mass is 562 g/mol. The zero-order chi connectivity index (χ0) is 29.2. The fourth-order valence-corrected chi connectivity index (χ4v) is 9.96. The lowest BCUT2D eigenvalue weighted by molar-refractivity contribution is -0.0621. The topological polar surface area (TPSA) is 70.5 Å². The van der Waals surface area contributed by atoms with E-state index >= 15 is 0 Å². The number of rotatable bonds is 11. The van der Waals surface area contributed by atoms with Crippen molar-refractivity contribution in [3.63, 3.8) is 0 Å². The summed E-state index contributed by atoms with van der Waals surface area (Å²) in [7, 11) is 0. The summed E-state index contributed by atoms with van der Waals surface area (Å²) in [6, 6.07) is 5.36. The van der Waals surface area contributed by atoms with Crippen LogP contribution in [-0.4, -0.2) is 19.3 Å². The zero-order valence-electron chi connectivity index (χ0n) is 26.7. The van der Waals surface area contributed by atoms with Crippen molar-refractivity contribution in [2.75, 3.05) is 24.7 Å². The highest BCUT2D eigenvalue weighted by atomic mass is 16.5. The summed E-state index contributed by atoms with van der Waals surface area (Å²) in [6.07, 6.45) is 22.1. The van der Waals surface area contributed by atoms with Crippen LogP contribution < -0.4 is 16.2 Å². The maximum absolute atomic E-state index is 6.35. The summed E-state index contributed by atoms with van der Waals surface area (Å²) in [6.45, 7) is 13.8. The van der Waals surface area contributed by atoms with Crippen molar-refractivity contribution in [1.82, 2.24) is 0 Å². The van der Waals surface area contributed by atoms with E-state index in [9.17, 15) is 0 Å². The lowest BCUT2D eigenvalue weighted by Crippen LogP contribution is -2.51. The number of allylic oxidation sites excluding steroid dienone is 1. The molecule has 4 nitrogen and oxygen atoms in total. The first kappa shape index (κ1) is 30.5. The van der Waals surface area contributed by atoms with Crippen LogP contribution >= 0.6 is 0 Å². The smallest absolute Gasteiger partial charge is 0.142 e. The molecule has 3 fully saturated rings. The van der Waals surface area contributed by atoms with Crippen molar-refractivity contribution >= 4 is 11.4 Å². The molecule has 0 aliphatic heterocycles. The molecule has 0 aromatic heterocycles. The van der Waals surface area contributed by atoms with Gasteiger partial charge in [-0.2, -0.15) is 0 Å². The maximum atomic E-state index is 6.35. The van der Waals surface area contributed by atoms with E-state index in [1.807, 2.05) is 18.2 Å². The van der Waals surface area contributed by atoms with Gasteiger partial charge in [-0.1, -0.05) is 71.6 Å². The molecule has 4 aliphatic rings. The minimum absolute atomic E-state index is 0.334. The number of nitrogen functional groups attached to an aromatic ring is 2. The van der Waals surface area contributed by atoms with Crippen molar-refractivity contribution in [3.05, 3.63) is 42.0 Å². The van der Waals surface area contributed by atoms with Crippen LogP contribution in [0.5, 0.6) is 5.75 Å². The van der Waals surface area contributed by atoms with Gasteiger partial charge in [0.1, 0.15) is 12.4 Å². The third-order valence-electron chi connectivity index (χ3n) is 12.2. The Kier molecular flexibility index (Phi) is 9.48. The van der Waals surface area contributed by atoms with Gasteiger partial charge in [0.2, 0.25) is 0 Å². The van der Waals surface area contributed by atoms with Gasteiger partial charge in [0.05, 0.1) is 18.4 Å². The molecule has 1 aromatic carbocycles. The molecule has 4 N–H and O–H groups in total. The lowest BCUT2D eigenvalue weighted by atomic mass is 9.47. The van der Waals surface area contributed by atoms with Gasteiger partial charge >= 0.3 is 0 Å². The van der Waals surface area contributed by atoms with E-state index < -0.39 is 0 Å². The summed E-state index contributed by atoms with van der Waals surface area (Å²) in [4.78, 5) is 0. The van der Waals surface area contributed by atoms with Crippen molar-refractivity contribution in [2.24, 2.45) is 46.3 Å². The molecular weight excluding hydrogens is 504 g/mol. The molecule has 8 atom stereocenters. The minimum atomic E-state index is 0.334. The van der Waals surface area contributed by atoms with Gasteiger partial charge in [0, 0.05) is 5.69 Å². The molecule has 228 valence electrons. The van der Waals surface area contributed by atoms with Crippen molar-refractivity contribution in [1.29, 1.82) is 0 Å². The van der Waals surface area contributed by atoms with Gasteiger partial charge in [0.15, 0.2) is 0 Å². The van der Waals surface area contributed by atoms with E-state index in [-0.39, 0.29) is 0 Å². The minimum Gasteiger partial charge on any atom is -0.487 e. The van der Waals surface area contributed by atoms with Crippen LogP contribution in [-0.2, 0) is 4.74 Å². The highest BCUT2D eigenvalue weighted by molar-refractivity contribution is 5.60. The van der Waals surface area contributed by atoms with Crippen LogP contribution in [0, 0.1) is 46.3 Å². The van der Waals surface area contributed by atoms with Crippen molar-refractivity contribution in [3.8, 4) is 5.75 Å². The highest BCUT2D eigenvalue weighted by Crippen LogP contribution is 2.67. The Labute approximate surface area is 250 Å². The summed E-state index contributed by atoms with van der Waals surface area (Å²) < 4.78 is 12.1. The van der Waals surface area contributed by atoms with Gasteiger partial charge in [0.25, 0.3) is 0 Å². The predicted octanol–water partition coefficient (Wildman–Crippen LogP) is 9.21. The molecule has 0 amide bonds. The Morgan fingerprint density at radius 1 is 0.951 bits per heavy atom. The molecule has 41 heavy (non-hydrogen) atoms. The molecule has 8 unspecified atom stereocenters. The third-order valence-corrected chi connectivity index (χ3v) is 12.2. The van der Waals surface area contributed by atoms with Crippen LogP contribution in [0.2, 0.25) is 0 Å². The van der Waals surface area contributed by atoms with Crippen LogP contribution in [0.1, 0.15) is 105 Å². The van der Waals surface area contributed by atoms with Crippen LogP contribution in [0.15, 0.2) is 42.0 Å². The van der Waals surface area contributed by atoms with Gasteiger partial charge < -0.3 is 20.9 Å². The summed E-state index contributed by atoms with van der Waals surface area (Å²) in [5, 5.41) is 0. The number of nitrogens with two attached hydrogens (primary N) is 2. The first-order valence-electron chi connectivity index (χ1n) is 16.9. The molecule has 0 radical (unpaired) electrons. The second-order valence-corrected chi connectivity index (χ2v) is 15.1. The lowest BCUT2D eigenvalue weighted by Gasteiger charge is -2.58. The Morgan fingerprint density at radius 3 is 2.54 bits per heavy atom. The summed E-state index contributed by atoms with van der Waals surface area (Å²) in [5.41, 5.74) is 15.6. The largest absolute Gasteiger partial charge is 0.487 e. The molecule has 0 bridgehead atoms. The molecule has 0 heterocycles. The normalized spacial score (nSPS) is 35.6. The van der Waals surface area contributed by atoms with Crippen molar-refractivity contribution in [2.45, 2.75) is 111 Å². The number of ether oxygens (including phenoxy) is 2. The molecule has 1 aromatic rings. The first-order chi connectivity index (χ1) is 19.6. The van der Waals surface area contributed by atoms with Gasteiger partial charge in [-0.3, -0.25) is 0 Å². The highest BCUT2D eigenvalue weighted by Gasteiger charge is 2.59. The van der Waals surface area contributed by atoms with Crippen LogP contribution in [0.4, 0.5) is 11.4 Å². The number of hydrogen-bond acceptors (Lipinski definition) is 4. The molecule has 0 saturated heterocycles. The quantitative estimate of drug-likeness (QED) is 0.208. The van der Waals surface area contributed by atoms with E-state index in [2.05, 4.69) is 46.8 Å². The average molecular weight is 563 g/mol. The number of hydrogen-bond donors (Lipinski definition) is 2.